The molecule has 2 atom stereocenters. The molecule has 0 aromatic heterocycles. The first-order valence-corrected chi connectivity index (χ1v) is 13.8. The maximum absolute atomic E-state index is 13.5. The maximum Gasteiger partial charge on any atom is 0.265 e. The predicted molar refractivity (Wildman–Crippen MR) is 129 cm³/mol. The van der Waals surface area contributed by atoms with E-state index in [9.17, 15) is 18.0 Å². The van der Waals surface area contributed by atoms with Crippen molar-refractivity contribution in [2.75, 3.05) is 44.6 Å². The van der Waals surface area contributed by atoms with Gasteiger partial charge in [0.1, 0.15) is 5.75 Å². The molecule has 188 valence electrons. The normalized spacial score (nSPS) is 24.5. The Labute approximate surface area is 202 Å². The fourth-order valence-corrected chi connectivity index (χ4v) is 6.72. The molecule has 10 heteroatoms. The molecular weight excluding hydrogens is 456 g/mol. The van der Waals surface area contributed by atoms with E-state index >= 15 is 0 Å². The summed E-state index contributed by atoms with van der Waals surface area (Å²) in [6.45, 7) is 7.46. The highest BCUT2D eigenvalue weighted by molar-refractivity contribution is 7.89. The van der Waals surface area contributed by atoms with Gasteiger partial charge in [0.05, 0.1) is 16.5 Å². The van der Waals surface area contributed by atoms with Crippen LogP contribution in [-0.2, 0) is 19.6 Å². The van der Waals surface area contributed by atoms with Crippen LogP contribution < -0.4 is 15.4 Å². The number of benzene rings is 1. The summed E-state index contributed by atoms with van der Waals surface area (Å²) in [5.74, 6) is -0.350. The van der Waals surface area contributed by atoms with E-state index in [4.69, 9.17) is 4.74 Å². The number of likely N-dealkylation sites (tertiary alicyclic amines) is 1. The zero-order valence-electron chi connectivity index (χ0n) is 20.1. The number of carbonyl (C=O) groups excluding carboxylic acids is 2. The van der Waals surface area contributed by atoms with E-state index in [1.54, 1.807) is 19.9 Å². The summed E-state index contributed by atoms with van der Waals surface area (Å²) in [5, 5.41) is 5.78. The van der Waals surface area contributed by atoms with Crippen LogP contribution in [0.2, 0.25) is 0 Å². The van der Waals surface area contributed by atoms with E-state index in [-0.39, 0.29) is 29.2 Å². The third kappa shape index (κ3) is 5.55. The first kappa shape index (κ1) is 24.9. The van der Waals surface area contributed by atoms with Crippen LogP contribution in [0.3, 0.4) is 0 Å². The van der Waals surface area contributed by atoms with E-state index < -0.39 is 16.1 Å². The minimum Gasteiger partial charge on any atom is -0.479 e. The Bertz CT molecular complexity index is 1020. The van der Waals surface area contributed by atoms with E-state index in [0.29, 0.717) is 42.9 Å². The Balaban J connectivity index is 1.39. The summed E-state index contributed by atoms with van der Waals surface area (Å²) in [5.41, 5.74) is 1.00. The first-order valence-electron chi connectivity index (χ1n) is 12.4. The highest BCUT2D eigenvalue weighted by atomic mass is 32.2. The lowest BCUT2D eigenvalue weighted by Crippen LogP contribution is -2.46. The summed E-state index contributed by atoms with van der Waals surface area (Å²) >= 11 is 0. The third-order valence-corrected chi connectivity index (χ3v) is 9.01. The maximum atomic E-state index is 13.5. The van der Waals surface area contributed by atoms with Gasteiger partial charge in [0.25, 0.3) is 5.91 Å². The number of hydrogen-bond acceptors (Lipinski definition) is 6. The summed E-state index contributed by atoms with van der Waals surface area (Å²) < 4.78 is 34.0. The Morgan fingerprint density at radius 1 is 1.15 bits per heavy atom. The summed E-state index contributed by atoms with van der Waals surface area (Å²) in [6.07, 6.45) is 5.60. The lowest BCUT2D eigenvalue weighted by atomic mass is 9.99. The minimum atomic E-state index is -3.81. The van der Waals surface area contributed by atoms with E-state index in [0.717, 1.165) is 19.6 Å². The number of nitrogens with one attached hydrogen (secondary N) is 2. The van der Waals surface area contributed by atoms with Gasteiger partial charge in [0.15, 0.2) is 6.10 Å². The quantitative estimate of drug-likeness (QED) is 0.630. The van der Waals surface area contributed by atoms with Crippen molar-refractivity contribution in [1.82, 2.24) is 14.5 Å². The number of ether oxygens (including phenoxy) is 1. The molecule has 1 aromatic rings. The largest absolute Gasteiger partial charge is 0.479 e. The molecule has 0 unspecified atom stereocenters. The molecule has 0 spiro atoms. The van der Waals surface area contributed by atoms with Crippen LogP contribution in [0.1, 0.15) is 51.0 Å². The molecule has 1 aromatic carbocycles. The van der Waals surface area contributed by atoms with Gasteiger partial charge in [0, 0.05) is 32.2 Å². The second-order valence-electron chi connectivity index (χ2n) is 9.61. The molecule has 2 fully saturated rings. The molecule has 0 radical (unpaired) electrons. The number of fused-ring (bicyclic) bond motifs is 1. The van der Waals surface area contributed by atoms with Crippen LogP contribution in [0.25, 0.3) is 0 Å². The van der Waals surface area contributed by atoms with Crippen molar-refractivity contribution in [3.8, 4) is 5.75 Å². The van der Waals surface area contributed by atoms with Crippen LogP contribution >= 0.6 is 0 Å². The molecule has 9 nitrogen and oxygen atoms in total. The number of amides is 2. The molecule has 0 bridgehead atoms. The monoisotopic (exact) mass is 492 g/mol. The van der Waals surface area contributed by atoms with E-state index in [2.05, 4.69) is 15.5 Å². The average Bonchev–Trinajstić information content (AvgIpc) is 3.08. The third-order valence-electron chi connectivity index (χ3n) is 7.01. The zero-order chi connectivity index (χ0) is 24.3. The van der Waals surface area contributed by atoms with Gasteiger partial charge in [-0.2, -0.15) is 4.31 Å². The van der Waals surface area contributed by atoms with Crippen molar-refractivity contribution < 1.29 is 22.7 Å². The Morgan fingerprint density at radius 3 is 2.62 bits per heavy atom. The number of nitrogens with zero attached hydrogens (tertiary/aromatic N) is 2. The molecule has 3 aliphatic heterocycles. The van der Waals surface area contributed by atoms with Crippen LogP contribution in [0, 0.1) is 12.8 Å². The second kappa shape index (κ2) is 10.6. The van der Waals surface area contributed by atoms with Crippen LogP contribution in [-0.4, -0.2) is 74.8 Å². The van der Waals surface area contributed by atoms with Crippen molar-refractivity contribution >= 4 is 27.5 Å². The smallest absolute Gasteiger partial charge is 0.265 e. The number of anilines is 1. The number of rotatable bonds is 6. The average molecular weight is 493 g/mol. The van der Waals surface area contributed by atoms with E-state index in [1.807, 2.05) is 0 Å². The molecule has 2 N–H and O–H groups in total. The van der Waals surface area contributed by atoms with E-state index in [1.165, 1.54) is 36.1 Å². The number of aryl methyl sites for hydroxylation is 1. The highest BCUT2D eigenvalue weighted by Gasteiger charge is 2.35. The topological polar surface area (TPSA) is 108 Å². The van der Waals surface area contributed by atoms with Crippen molar-refractivity contribution in [3.05, 3.63) is 17.7 Å². The van der Waals surface area contributed by atoms with Gasteiger partial charge >= 0.3 is 0 Å². The summed E-state index contributed by atoms with van der Waals surface area (Å²) in [7, 11) is -3.81. The van der Waals surface area contributed by atoms with Crippen molar-refractivity contribution in [2.24, 2.45) is 5.92 Å². The van der Waals surface area contributed by atoms with Crippen molar-refractivity contribution in [1.29, 1.82) is 0 Å². The zero-order valence-corrected chi connectivity index (χ0v) is 21.0. The standard InChI is InChI=1S/C24H36N4O5S/c1-17-14-20-21(33-18(2)23(29)26-20)15-22(17)34(31,32)28-12-7-8-19(16-28)24(30)25-9-13-27-10-5-3-4-6-11-27/h14-15,18-19H,3-13,16H2,1-2H3,(H,25,30)(H,26,29)/t18-,19+/m1/s1. The molecule has 34 heavy (non-hydrogen) atoms. The number of hydrogen-bond donors (Lipinski definition) is 2. The van der Waals surface area contributed by atoms with Gasteiger partial charge in [-0.25, -0.2) is 8.42 Å². The Morgan fingerprint density at radius 2 is 1.88 bits per heavy atom. The van der Waals surface area contributed by atoms with Crippen LogP contribution in [0.4, 0.5) is 5.69 Å². The lowest BCUT2D eigenvalue weighted by Gasteiger charge is -2.32. The molecule has 3 aliphatic rings. The molecule has 0 saturated carbocycles. The predicted octanol–water partition coefficient (Wildman–Crippen LogP) is 2.11. The van der Waals surface area contributed by atoms with Gasteiger partial charge in [-0.05, 0) is 64.3 Å². The van der Waals surface area contributed by atoms with Crippen molar-refractivity contribution in [3.63, 3.8) is 0 Å². The Hall–Kier alpha value is -2.17. The van der Waals surface area contributed by atoms with Crippen molar-refractivity contribution in [2.45, 2.75) is 63.4 Å². The number of carbonyl (C=O) groups is 2. The highest BCUT2D eigenvalue weighted by Crippen LogP contribution is 2.36. The minimum absolute atomic E-state index is 0.0724. The fourth-order valence-electron chi connectivity index (χ4n) is 4.98. The summed E-state index contributed by atoms with van der Waals surface area (Å²) in [6, 6.07) is 3.11. The second-order valence-corrected chi connectivity index (χ2v) is 11.5. The molecule has 4 rings (SSSR count). The fraction of sp³-hybridized carbons (Fsp3) is 0.667. The SMILES string of the molecule is Cc1cc2c(cc1S(=O)(=O)N1CCC[C@H](C(=O)NCCN3CCCCCC3)C1)O[C@H](C)C(=O)N2. The number of sulfonamides is 1. The van der Waals surface area contributed by atoms with Crippen LogP contribution in [0.5, 0.6) is 5.75 Å². The van der Waals surface area contributed by atoms with Gasteiger partial charge in [-0.3, -0.25) is 9.59 Å². The molecular formula is C24H36N4O5S. The van der Waals surface area contributed by atoms with Gasteiger partial charge in [-0.1, -0.05) is 12.8 Å². The van der Waals surface area contributed by atoms with Crippen LogP contribution in [0.15, 0.2) is 17.0 Å². The van der Waals surface area contributed by atoms with Gasteiger partial charge in [0.2, 0.25) is 15.9 Å². The summed E-state index contributed by atoms with van der Waals surface area (Å²) in [4.78, 5) is 27.3. The first-order chi connectivity index (χ1) is 16.3. The molecule has 2 saturated heterocycles. The molecule has 0 aliphatic carbocycles. The number of piperidine rings is 1. The van der Waals surface area contributed by atoms with Gasteiger partial charge in [-0.15, -0.1) is 0 Å². The van der Waals surface area contributed by atoms with Gasteiger partial charge < -0.3 is 20.3 Å². The molecule has 2 amide bonds. The lowest BCUT2D eigenvalue weighted by molar-refractivity contribution is -0.126. The molecule has 3 heterocycles. The Kier molecular flexibility index (Phi) is 7.79.